The summed E-state index contributed by atoms with van der Waals surface area (Å²) >= 11 is 7.15. The molecule has 0 saturated carbocycles. The Morgan fingerprint density at radius 2 is 1.81 bits per heavy atom. The molecule has 1 aromatic heterocycles. The van der Waals surface area contributed by atoms with Crippen LogP contribution < -0.4 is 10.2 Å². The topological polar surface area (TPSA) is 80.8 Å². The summed E-state index contributed by atoms with van der Waals surface area (Å²) in [5.41, 5.74) is 3.14. The predicted molar refractivity (Wildman–Crippen MR) is 126 cm³/mol. The van der Waals surface area contributed by atoms with Crippen LogP contribution in [0, 0.1) is 6.92 Å². The van der Waals surface area contributed by atoms with Crippen LogP contribution in [-0.2, 0) is 14.3 Å². The number of anilines is 2. The maximum Gasteiger partial charge on any atom is 0.350 e. The lowest BCUT2D eigenvalue weighted by Crippen LogP contribution is -2.36. The van der Waals surface area contributed by atoms with Crippen LogP contribution in [0.2, 0.25) is 5.02 Å². The average molecular weight is 472 g/mol. The van der Waals surface area contributed by atoms with E-state index in [0.29, 0.717) is 39.5 Å². The Hall–Kier alpha value is -2.94. The van der Waals surface area contributed by atoms with Crippen LogP contribution in [-0.4, -0.2) is 49.8 Å². The minimum Gasteiger partial charge on any atom is -0.451 e. The molecule has 4 rings (SSSR count). The van der Waals surface area contributed by atoms with Crippen LogP contribution in [0.5, 0.6) is 0 Å². The minimum absolute atomic E-state index is 0.373. The third kappa shape index (κ3) is 5.45. The van der Waals surface area contributed by atoms with Crippen molar-refractivity contribution in [3.8, 4) is 10.6 Å². The fourth-order valence-electron chi connectivity index (χ4n) is 3.27. The Morgan fingerprint density at radius 3 is 2.50 bits per heavy atom. The van der Waals surface area contributed by atoms with Crippen LogP contribution >= 0.6 is 22.9 Å². The molecule has 7 nitrogen and oxygen atoms in total. The second kappa shape index (κ2) is 10.1. The summed E-state index contributed by atoms with van der Waals surface area (Å²) in [6, 6.07) is 14.8. The number of thiazole rings is 1. The number of ether oxygens (including phenoxy) is 2. The molecule has 0 unspecified atom stereocenters. The molecule has 1 aliphatic rings. The van der Waals surface area contributed by atoms with E-state index in [1.54, 1.807) is 19.1 Å². The van der Waals surface area contributed by atoms with E-state index in [1.807, 2.05) is 36.4 Å². The molecule has 1 fully saturated rings. The Labute approximate surface area is 194 Å². The van der Waals surface area contributed by atoms with Crippen molar-refractivity contribution in [1.29, 1.82) is 0 Å². The van der Waals surface area contributed by atoms with Crippen LogP contribution in [0.15, 0.2) is 48.5 Å². The maximum absolute atomic E-state index is 12.5. The molecular weight excluding hydrogens is 450 g/mol. The number of benzene rings is 2. The lowest BCUT2D eigenvalue weighted by atomic mass is 10.2. The van der Waals surface area contributed by atoms with Gasteiger partial charge in [-0.2, -0.15) is 0 Å². The minimum atomic E-state index is -0.571. The van der Waals surface area contributed by atoms with E-state index in [9.17, 15) is 9.59 Å². The third-order valence-corrected chi connectivity index (χ3v) is 6.37. The van der Waals surface area contributed by atoms with Crippen LogP contribution in [0.25, 0.3) is 10.6 Å². The maximum atomic E-state index is 12.5. The van der Waals surface area contributed by atoms with Gasteiger partial charge in [0.1, 0.15) is 9.88 Å². The fourth-order valence-corrected chi connectivity index (χ4v) is 4.36. The first-order chi connectivity index (χ1) is 15.5. The zero-order valence-electron chi connectivity index (χ0n) is 17.5. The van der Waals surface area contributed by atoms with Gasteiger partial charge in [-0.1, -0.05) is 23.7 Å². The van der Waals surface area contributed by atoms with Gasteiger partial charge >= 0.3 is 5.97 Å². The van der Waals surface area contributed by atoms with Crippen molar-refractivity contribution >= 4 is 46.2 Å². The molecular formula is C23H22ClN3O4S. The standard InChI is InChI=1S/C23H22ClN3O4S/c1-15-21(32-22(25-15)16-2-4-17(24)5-3-16)23(29)31-14-20(28)26-18-6-8-19(9-7-18)27-10-12-30-13-11-27/h2-9H,10-14H2,1H3,(H,26,28). The van der Waals surface area contributed by atoms with E-state index in [1.165, 1.54) is 11.3 Å². The average Bonchev–Trinajstić information content (AvgIpc) is 3.20. The third-order valence-electron chi connectivity index (χ3n) is 4.93. The molecule has 166 valence electrons. The van der Waals surface area contributed by atoms with Crippen molar-refractivity contribution in [2.45, 2.75) is 6.92 Å². The quantitative estimate of drug-likeness (QED) is 0.536. The second-order valence-electron chi connectivity index (χ2n) is 7.21. The highest BCUT2D eigenvalue weighted by Gasteiger charge is 2.19. The van der Waals surface area contributed by atoms with Gasteiger partial charge in [-0.05, 0) is 43.3 Å². The number of carbonyl (C=O) groups is 2. The number of rotatable bonds is 6. The Kier molecular flexibility index (Phi) is 7.04. The fraction of sp³-hybridized carbons (Fsp3) is 0.261. The Bertz CT molecular complexity index is 1090. The predicted octanol–water partition coefficient (Wildman–Crippen LogP) is 4.40. The smallest absolute Gasteiger partial charge is 0.350 e. The zero-order chi connectivity index (χ0) is 22.5. The van der Waals surface area contributed by atoms with Crippen LogP contribution in [0.4, 0.5) is 11.4 Å². The molecule has 9 heteroatoms. The molecule has 1 saturated heterocycles. The number of nitrogens with one attached hydrogen (secondary N) is 1. The van der Waals surface area contributed by atoms with Gasteiger partial charge in [-0.25, -0.2) is 9.78 Å². The molecule has 3 aromatic rings. The van der Waals surface area contributed by atoms with Crippen LogP contribution in [0.1, 0.15) is 15.4 Å². The number of aryl methyl sites for hydroxylation is 1. The highest BCUT2D eigenvalue weighted by Crippen LogP contribution is 2.29. The van der Waals surface area contributed by atoms with Gasteiger partial charge in [0.25, 0.3) is 5.91 Å². The number of carbonyl (C=O) groups excluding carboxylic acids is 2. The van der Waals surface area contributed by atoms with Crippen molar-refractivity contribution < 1.29 is 19.1 Å². The van der Waals surface area contributed by atoms with Gasteiger partial charge in [0, 0.05) is 35.1 Å². The molecule has 0 aliphatic carbocycles. The summed E-state index contributed by atoms with van der Waals surface area (Å²) in [4.78, 5) is 31.7. The number of morpholine rings is 1. The number of hydrogen-bond acceptors (Lipinski definition) is 7. The van der Waals surface area contributed by atoms with E-state index in [4.69, 9.17) is 21.1 Å². The van der Waals surface area contributed by atoms with E-state index in [2.05, 4.69) is 15.2 Å². The number of esters is 1. The second-order valence-corrected chi connectivity index (χ2v) is 8.65. The monoisotopic (exact) mass is 471 g/mol. The molecule has 2 heterocycles. The van der Waals surface area contributed by atoms with E-state index in [0.717, 1.165) is 24.3 Å². The summed E-state index contributed by atoms with van der Waals surface area (Å²) in [5.74, 6) is -0.976. The number of halogens is 1. The summed E-state index contributed by atoms with van der Waals surface area (Å²) in [6.07, 6.45) is 0. The summed E-state index contributed by atoms with van der Waals surface area (Å²) in [7, 11) is 0. The van der Waals surface area contributed by atoms with E-state index >= 15 is 0 Å². The highest BCUT2D eigenvalue weighted by atomic mass is 35.5. The zero-order valence-corrected chi connectivity index (χ0v) is 19.0. The van der Waals surface area contributed by atoms with Gasteiger partial charge in [-0.15, -0.1) is 11.3 Å². The number of aromatic nitrogens is 1. The van der Waals surface area contributed by atoms with Crippen molar-refractivity contribution in [3.63, 3.8) is 0 Å². The van der Waals surface area contributed by atoms with Crippen molar-refractivity contribution in [2.24, 2.45) is 0 Å². The molecule has 0 atom stereocenters. The summed E-state index contributed by atoms with van der Waals surface area (Å²) < 4.78 is 10.6. The largest absolute Gasteiger partial charge is 0.451 e. The van der Waals surface area contributed by atoms with E-state index in [-0.39, 0.29) is 6.61 Å². The van der Waals surface area contributed by atoms with Gasteiger partial charge in [0.05, 0.1) is 18.9 Å². The molecule has 0 radical (unpaired) electrons. The van der Waals surface area contributed by atoms with Gasteiger partial charge < -0.3 is 19.7 Å². The molecule has 1 amide bonds. The SMILES string of the molecule is Cc1nc(-c2ccc(Cl)cc2)sc1C(=O)OCC(=O)Nc1ccc(N2CCOCC2)cc1. The number of amides is 1. The first-order valence-corrected chi connectivity index (χ1v) is 11.3. The lowest BCUT2D eigenvalue weighted by molar-refractivity contribution is -0.119. The first-order valence-electron chi connectivity index (χ1n) is 10.1. The van der Waals surface area contributed by atoms with Crippen molar-refractivity contribution in [1.82, 2.24) is 4.98 Å². The first kappa shape index (κ1) is 22.3. The summed E-state index contributed by atoms with van der Waals surface area (Å²) in [5, 5.41) is 4.06. The van der Waals surface area contributed by atoms with Gasteiger partial charge in [-0.3, -0.25) is 4.79 Å². The molecule has 1 aliphatic heterocycles. The highest BCUT2D eigenvalue weighted by molar-refractivity contribution is 7.17. The summed E-state index contributed by atoms with van der Waals surface area (Å²) in [6.45, 7) is 4.48. The Morgan fingerprint density at radius 1 is 1.12 bits per heavy atom. The van der Waals surface area contributed by atoms with E-state index < -0.39 is 11.9 Å². The lowest BCUT2D eigenvalue weighted by Gasteiger charge is -2.28. The number of hydrogen-bond donors (Lipinski definition) is 1. The molecule has 32 heavy (non-hydrogen) atoms. The van der Waals surface area contributed by atoms with Gasteiger partial charge in [0.2, 0.25) is 0 Å². The molecule has 1 N–H and O–H groups in total. The Balaban J connectivity index is 1.31. The van der Waals surface area contributed by atoms with Gasteiger partial charge in [0.15, 0.2) is 6.61 Å². The van der Waals surface area contributed by atoms with Crippen molar-refractivity contribution in [3.05, 3.63) is 64.1 Å². The normalized spacial score (nSPS) is 13.6. The molecule has 0 spiro atoms. The molecule has 0 bridgehead atoms. The van der Waals surface area contributed by atoms with Crippen molar-refractivity contribution in [2.75, 3.05) is 43.1 Å². The molecule has 2 aromatic carbocycles. The number of nitrogens with zero attached hydrogens (tertiary/aromatic N) is 2. The van der Waals surface area contributed by atoms with Crippen LogP contribution in [0.3, 0.4) is 0 Å².